The Balaban J connectivity index is 0.000000138. The molecule has 0 aliphatic carbocycles. The molecule has 0 spiro atoms. The smallest absolute Gasteiger partial charge is 0.247 e. The normalized spacial score (nSPS) is 13.7. The van der Waals surface area contributed by atoms with Crippen molar-refractivity contribution in [3.05, 3.63) is 202 Å². The first kappa shape index (κ1) is 73.9. The van der Waals surface area contributed by atoms with E-state index >= 15 is 0 Å². The van der Waals surface area contributed by atoms with Crippen molar-refractivity contribution in [2.45, 2.75) is 59.3 Å². The van der Waals surface area contributed by atoms with Crippen LogP contribution in [0, 0.1) is 38.2 Å². The molecule has 542 valence electrons. The molecular formula is C80H83BrF3N15O6. The number of nitrogen functional groups attached to an aromatic ring is 1. The lowest BCUT2D eigenvalue weighted by Gasteiger charge is -2.15. The number of aryl methyl sites for hydroxylation is 3. The maximum Gasteiger partial charge on any atom is 0.247 e. The second-order valence-corrected chi connectivity index (χ2v) is 26.6. The molecule has 6 heterocycles. The molecule has 3 fully saturated rings. The molecule has 3 aliphatic rings. The summed E-state index contributed by atoms with van der Waals surface area (Å²) < 4.78 is 71.8. The zero-order chi connectivity index (χ0) is 73.2. The van der Waals surface area contributed by atoms with Crippen LogP contribution in [0.4, 0.5) is 42.4 Å². The lowest BCUT2D eigenvalue weighted by Crippen LogP contribution is -2.25. The maximum atomic E-state index is 14.5. The summed E-state index contributed by atoms with van der Waals surface area (Å²) in [5, 5.41) is 40.8. The van der Waals surface area contributed by atoms with Gasteiger partial charge in [0.05, 0.1) is 30.8 Å². The van der Waals surface area contributed by atoms with E-state index in [0.717, 1.165) is 87.2 Å². The van der Waals surface area contributed by atoms with Gasteiger partial charge in [0.15, 0.2) is 0 Å². The van der Waals surface area contributed by atoms with Crippen LogP contribution in [0.25, 0.3) is 66.5 Å². The molecule has 3 aromatic heterocycles. The Bertz CT molecular complexity index is 4920. The molecule has 3 saturated heterocycles. The number of phenols is 1. The summed E-state index contributed by atoms with van der Waals surface area (Å²) in [5.74, 6) is 3.60. The van der Waals surface area contributed by atoms with Gasteiger partial charge in [-0.3, -0.25) is 14.7 Å². The van der Waals surface area contributed by atoms with Gasteiger partial charge in [-0.25, -0.2) is 28.1 Å². The summed E-state index contributed by atoms with van der Waals surface area (Å²) in [6, 6.07) is 47.5. The highest BCUT2D eigenvalue weighted by molar-refractivity contribution is 9.10. The van der Waals surface area contributed by atoms with Crippen molar-refractivity contribution in [1.82, 2.24) is 60.2 Å². The summed E-state index contributed by atoms with van der Waals surface area (Å²) in [7, 11) is 3.10. The third kappa shape index (κ3) is 20.1. The number of hydrogen-bond donors (Lipinski definition) is 4. The summed E-state index contributed by atoms with van der Waals surface area (Å²) in [6.45, 7) is 18.0. The van der Waals surface area contributed by atoms with Crippen molar-refractivity contribution >= 4 is 78.2 Å². The quantitative estimate of drug-likeness (QED) is 0.0522. The van der Waals surface area contributed by atoms with Crippen LogP contribution < -0.4 is 40.1 Å². The summed E-state index contributed by atoms with van der Waals surface area (Å²) in [5.41, 5.74) is 16.7. The summed E-state index contributed by atoms with van der Waals surface area (Å²) in [4.78, 5) is 20.6. The third-order valence-corrected chi connectivity index (χ3v) is 18.8. The fraction of sp³-hybridized carbons (Fsp3) is 0.287. The van der Waals surface area contributed by atoms with Gasteiger partial charge in [-0.05, 0) is 296 Å². The van der Waals surface area contributed by atoms with Gasteiger partial charge in [-0.15, -0.1) is 30.6 Å². The van der Waals surface area contributed by atoms with E-state index < -0.39 is 5.82 Å². The standard InChI is InChI=1S/C27H28FN5O2.C26H26FN5O2.C15H13FN4O.C12H16BrNO/c1-18-15-25-26(17-22(18)23-16-21(34-2)9-10-24(23)28)31-32-27(30-25)29-19-5-7-20(8-6-19)35-14-13-33-11-3-4-12-33;1-17-14-24-25(16-21(17)22-15-19(33)6-9-23(22)27)30-31-26(29-24)28-18-4-7-20(8-5-18)34-13-12-32-10-2-3-11-32;1-8-5-13-14(19-20-15(17)18-13)7-10(8)11-6-9(21-2)3-4-12(11)16;13-11-3-5-12(6-4-11)15-10-9-14-7-1-2-8-14/h5-10,15-17H,3-4,11-14H2,1-2H3,(H,29,30,32);4-9,14-16,33H,2-3,10-13H2,1H3,(H,28,29,31);3-7H,1-2H3,(H2,17,18,20);3-6H,1-2,7-10H2. The van der Waals surface area contributed by atoms with Gasteiger partial charge in [0.1, 0.15) is 88.3 Å². The average molecular weight is 1490 g/mol. The largest absolute Gasteiger partial charge is 0.508 e. The molecule has 0 atom stereocenters. The van der Waals surface area contributed by atoms with E-state index in [2.05, 4.69) is 86.8 Å². The number of benzene rings is 9. The maximum absolute atomic E-state index is 14.5. The van der Waals surface area contributed by atoms with Crippen molar-refractivity contribution < 1.29 is 42.0 Å². The fourth-order valence-electron chi connectivity index (χ4n) is 12.6. The minimum Gasteiger partial charge on any atom is -0.508 e. The molecule has 0 bridgehead atoms. The summed E-state index contributed by atoms with van der Waals surface area (Å²) >= 11 is 3.40. The number of nitrogens with two attached hydrogens (primary N) is 1. The number of fused-ring (bicyclic) bond motifs is 3. The molecule has 0 unspecified atom stereocenters. The van der Waals surface area contributed by atoms with E-state index in [1.54, 1.807) is 56.7 Å². The molecule has 25 heteroatoms. The minimum atomic E-state index is -0.414. The molecule has 0 radical (unpaired) electrons. The van der Waals surface area contributed by atoms with Crippen LogP contribution in [0.15, 0.2) is 168 Å². The van der Waals surface area contributed by atoms with Crippen LogP contribution in [0.5, 0.6) is 34.5 Å². The van der Waals surface area contributed by atoms with E-state index in [-0.39, 0.29) is 23.3 Å². The number of nitrogens with one attached hydrogen (secondary N) is 2. The number of halogens is 4. The lowest BCUT2D eigenvalue weighted by molar-refractivity contribution is 0.237. The molecule has 105 heavy (non-hydrogen) atoms. The van der Waals surface area contributed by atoms with Gasteiger partial charge in [0, 0.05) is 52.2 Å². The number of likely N-dealkylation sites (tertiary alicyclic amines) is 3. The van der Waals surface area contributed by atoms with Gasteiger partial charge < -0.3 is 45.2 Å². The Hall–Kier alpha value is -10.9. The Kier molecular flexibility index (Phi) is 25.0. The first-order valence-electron chi connectivity index (χ1n) is 35.0. The Labute approximate surface area is 616 Å². The molecule has 15 rings (SSSR count). The molecule has 0 amide bonds. The number of nitrogens with zero attached hydrogens (tertiary/aromatic N) is 12. The van der Waals surface area contributed by atoms with Crippen LogP contribution in [0.2, 0.25) is 0 Å². The SMILES string of the molecule is Brc1ccc(OCCN2CCCC2)cc1.COc1ccc(F)c(-c2cc3nnc(N)nc3cc2C)c1.COc1ccc(F)c(-c2cc3nnc(Nc4ccc(OCCN5CCCC5)cc4)nc3cc2C)c1.Cc1cc2nc(Nc3ccc(OCCN4CCCC4)cc3)nnc2cc1-c1cc(O)ccc1F. The Morgan fingerprint density at radius 2 is 0.724 bits per heavy atom. The summed E-state index contributed by atoms with van der Waals surface area (Å²) in [6.07, 6.45) is 7.82. The minimum absolute atomic E-state index is 0.00247. The highest BCUT2D eigenvalue weighted by Gasteiger charge is 2.19. The van der Waals surface area contributed by atoms with Crippen LogP contribution >= 0.6 is 15.9 Å². The first-order chi connectivity index (χ1) is 51.1. The van der Waals surface area contributed by atoms with Crippen LogP contribution in [-0.2, 0) is 0 Å². The van der Waals surface area contributed by atoms with Crippen LogP contribution in [0.3, 0.4) is 0 Å². The molecular weight excluding hydrogens is 1400 g/mol. The third-order valence-electron chi connectivity index (χ3n) is 18.2. The number of aromatic nitrogens is 9. The Morgan fingerprint density at radius 3 is 1.10 bits per heavy atom. The average Bonchev–Trinajstić information content (AvgIpc) is 1.68. The van der Waals surface area contributed by atoms with Gasteiger partial charge in [0.25, 0.3) is 0 Å². The van der Waals surface area contributed by atoms with Gasteiger partial charge in [0.2, 0.25) is 17.8 Å². The van der Waals surface area contributed by atoms with E-state index in [0.29, 0.717) is 92.0 Å². The fourth-order valence-corrected chi connectivity index (χ4v) is 12.9. The number of rotatable bonds is 21. The second kappa shape index (κ2) is 35.6. The monoisotopic (exact) mass is 1490 g/mol. The number of methoxy groups -OCH3 is 2. The zero-order valence-electron chi connectivity index (χ0n) is 59.3. The lowest BCUT2D eigenvalue weighted by atomic mass is 9.99. The number of ether oxygens (including phenoxy) is 5. The van der Waals surface area contributed by atoms with Crippen molar-refractivity contribution in [2.75, 3.05) is 109 Å². The predicted molar refractivity (Wildman–Crippen MR) is 409 cm³/mol. The van der Waals surface area contributed by atoms with Gasteiger partial charge in [-0.1, -0.05) is 15.9 Å². The van der Waals surface area contributed by atoms with Crippen molar-refractivity contribution in [3.8, 4) is 67.9 Å². The van der Waals surface area contributed by atoms with Crippen molar-refractivity contribution in [3.63, 3.8) is 0 Å². The first-order valence-corrected chi connectivity index (χ1v) is 35.8. The van der Waals surface area contributed by atoms with Crippen molar-refractivity contribution in [1.29, 1.82) is 0 Å². The number of phenolic OH excluding ortho intramolecular Hbond substituents is 1. The molecule has 3 aliphatic heterocycles. The number of anilines is 5. The molecule has 12 aromatic rings. The molecule has 21 nitrogen and oxygen atoms in total. The van der Waals surface area contributed by atoms with Crippen LogP contribution in [-0.4, -0.2) is 158 Å². The number of hydrogen-bond acceptors (Lipinski definition) is 21. The molecule has 5 N–H and O–H groups in total. The number of aromatic hydroxyl groups is 1. The highest BCUT2D eigenvalue weighted by atomic mass is 79.9. The van der Waals surface area contributed by atoms with Gasteiger partial charge >= 0.3 is 0 Å². The topological polar surface area (TPSA) is 242 Å². The van der Waals surface area contributed by atoms with Gasteiger partial charge in [-0.2, -0.15) is 0 Å². The van der Waals surface area contributed by atoms with Crippen LogP contribution in [0.1, 0.15) is 55.2 Å². The van der Waals surface area contributed by atoms with Crippen molar-refractivity contribution in [2.24, 2.45) is 0 Å². The van der Waals surface area contributed by atoms with E-state index in [9.17, 15) is 18.3 Å². The molecule has 0 saturated carbocycles. The van der Waals surface area contributed by atoms with E-state index in [1.165, 1.54) is 108 Å². The van der Waals surface area contributed by atoms with E-state index in [1.807, 2.05) is 112 Å². The highest BCUT2D eigenvalue weighted by Crippen LogP contribution is 2.36. The predicted octanol–water partition coefficient (Wildman–Crippen LogP) is 16.1. The van der Waals surface area contributed by atoms with E-state index in [4.69, 9.17) is 29.4 Å². The molecule has 9 aromatic carbocycles. The zero-order valence-corrected chi connectivity index (χ0v) is 60.8. The Morgan fingerprint density at radius 1 is 0.390 bits per heavy atom. The second-order valence-electron chi connectivity index (χ2n) is 25.7.